The normalized spacial score (nSPS) is 11.6. The van der Waals surface area contributed by atoms with Crippen LogP contribution in [0.3, 0.4) is 0 Å². The maximum absolute atomic E-state index is 12.4. The third kappa shape index (κ3) is 4.15. The van der Waals surface area contributed by atoms with Crippen LogP contribution in [0.15, 0.2) is 65.7 Å². The lowest BCUT2D eigenvalue weighted by Crippen LogP contribution is -2.26. The molecule has 6 heteroatoms. The van der Waals surface area contributed by atoms with Gasteiger partial charge in [0, 0.05) is 19.2 Å². The minimum Gasteiger partial charge on any atom is -0.241 e. The molecule has 3 rings (SSSR count). The van der Waals surface area contributed by atoms with Crippen molar-refractivity contribution in [3.8, 4) is 5.69 Å². The molecule has 1 aromatic heterocycles. The number of sulfonamides is 1. The Bertz CT molecular complexity index is 963. The van der Waals surface area contributed by atoms with Gasteiger partial charge in [-0.15, -0.1) is 0 Å². The van der Waals surface area contributed by atoms with E-state index in [2.05, 4.69) is 9.82 Å². The van der Waals surface area contributed by atoms with E-state index in [1.54, 1.807) is 10.7 Å². The Morgan fingerprint density at radius 1 is 1.04 bits per heavy atom. The molecular weight excluding hydrogens is 334 g/mol. The zero-order chi connectivity index (χ0) is 17.9. The maximum atomic E-state index is 12.4. The Balaban J connectivity index is 1.64. The molecule has 0 aliphatic rings. The summed E-state index contributed by atoms with van der Waals surface area (Å²) in [6.07, 6.45) is 2.41. The van der Waals surface area contributed by atoms with Gasteiger partial charge in [0.25, 0.3) is 0 Å². The second-order valence-electron chi connectivity index (χ2n) is 6.00. The first-order chi connectivity index (χ1) is 12.0. The van der Waals surface area contributed by atoms with Gasteiger partial charge in [0.2, 0.25) is 10.0 Å². The lowest BCUT2D eigenvalue weighted by molar-refractivity contribution is 0.580. The minimum absolute atomic E-state index is 0.307. The summed E-state index contributed by atoms with van der Waals surface area (Å²) >= 11 is 0. The van der Waals surface area contributed by atoms with E-state index in [1.165, 1.54) is 0 Å². The molecule has 0 aliphatic carbocycles. The average molecular weight is 355 g/mol. The van der Waals surface area contributed by atoms with Crippen LogP contribution in [0.1, 0.15) is 16.8 Å². The van der Waals surface area contributed by atoms with Gasteiger partial charge in [0.15, 0.2) is 0 Å². The van der Waals surface area contributed by atoms with Crippen molar-refractivity contribution in [2.24, 2.45) is 0 Å². The molecule has 0 radical (unpaired) electrons. The van der Waals surface area contributed by atoms with E-state index in [0.29, 0.717) is 17.9 Å². The Labute approximate surface area is 148 Å². The second-order valence-corrected chi connectivity index (χ2v) is 7.74. The molecule has 0 unspecified atom stereocenters. The number of hydrogen-bond donors (Lipinski definition) is 1. The van der Waals surface area contributed by atoms with E-state index in [4.69, 9.17) is 0 Å². The van der Waals surface area contributed by atoms with Gasteiger partial charge >= 0.3 is 0 Å². The number of para-hydroxylation sites is 1. The highest BCUT2D eigenvalue weighted by molar-refractivity contribution is 7.89. The van der Waals surface area contributed by atoms with Crippen molar-refractivity contribution in [1.82, 2.24) is 14.5 Å². The highest BCUT2D eigenvalue weighted by Crippen LogP contribution is 2.16. The van der Waals surface area contributed by atoms with Gasteiger partial charge in [0.1, 0.15) is 0 Å². The second kappa shape index (κ2) is 7.21. The van der Waals surface area contributed by atoms with Gasteiger partial charge in [0.05, 0.1) is 16.3 Å². The fraction of sp³-hybridized carbons (Fsp3) is 0.211. The van der Waals surface area contributed by atoms with Crippen molar-refractivity contribution in [3.63, 3.8) is 0 Å². The number of nitrogens with one attached hydrogen (secondary N) is 1. The first-order valence-corrected chi connectivity index (χ1v) is 9.61. The predicted molar refractivity (Wildman–Crippen MR) is 98.4 cm³/mol. The molecule has 25 heavy (non-hydrogen) atoms. The highest BCUT2D eigenvalue weighted by Gasteiger charge is 2.16. The van der Waals surface area contributed by atoms with Gasteiger partial charge in [-0.1, -0.05) is 35.9 Å². The summed E-state index contributed by atoms with van der Waals surface area (Å²) in [6.45, 7) is 4.06. The van der Waals surface area contributed by atoms with Crippen LogP contribution >= 0.6 is 0 Å². The predicted octanol–water partition coefficient (Wildman–Crippen LogP) is 3.01. The number of rotatable bonds is 6. The molecule has 1 heterocycles. The van der Waals surface area contributed by atoms with Crippen LogP contribution in [0, 0.1) is 13.8 Å². The number of aryl methyl sites for hydroxylation is 2. The molecule has 0 saturated carbocycles. The zero-order valence-corrected chi connectivity index (χ0v) is 15.1. The van der Waals surface area contributed by atoms with Crippen molar-refractivity contribution >= 4 is 10.0 Å². The number of hydrogen-bond acceptors (Lipinski definition) is 3. The van der Waals surface area contributed by atoms with Crippen LogP contribution in [0.5, 0.6) is 0 Å². The Morgan fingerprint density at radius 2 is 1.80 bits per heavy atom. The van der Waals surface area contributed by atoms with Crippen LogP contribution in [-0.4, -0.2) is 24.7 Å². The summed E-state index contributed by atoms with van der Waals surface area (Å²) in [4.78, 5) is 0.327. The molecule has 130 valence electrons. The van der Waals surface area contributed by atoms with Gasteiger partial charge < -0.3 is 0 Å². The van der Waals surface area contributed by atoms with Gasteiger partial charge in [-0.25, -0.2) is 17.8 Å². The lowest BCUT2D eigenvalue weighted by Gasteiger charge is -2.09. The SMILES string of the molecule is Cc1ccc(S(=O)(=O)NCCc2ccn(-c3ccccc3)n2)c(C)c1. The Kier molecular flexibility index (Phi) is 5.01. The van der Waals surface area contributed by atoms with E-state index in [1.807, 2.05) is 68.6 Å². The molecule has 0 fully saturated rings. The minimum atomic E-state index is -3.51. The smallest absolute Gasteiger partial charge is 0.240 e. The summed E-state index contributed by atoms with van der Waals surface area (Å²) in [7, 11) is -3.51. The molecule has 5 nitrogen and oxygen atoms in total. The number of aromatic nitrogens is 2. The Morgan fingerprint density at radius 3 is 2.52 bits per heavy atom. The number of benzene rings is 2. The topological polar surface area (TPSA) is 64.0 Å². The summed E-state index contributed by atoms with van der Waals surface area (Å²) in [5.41, 5.74) is 3.61. The molecule has 0 amide bonds. The van der Waals surface area contributed by atoms with Crippen LogP contribution in [0.25, 0.3) is 5.69 Å². The van der Waals surface area contributed by atoms with Gasteiger partial charge in [-0.3, -0.25) is 0 Å². The van der Waals surface area contributed by atoms with Crippen molar-refractivity contribution in [1.29, 1.82) is 0 Å². The van der Waals surface area contributed by atoms with E-state index in [0.717, 1.165) is 22.5 Å². The van der Waals surface area contributed by atoms with Crippen molar-refractivity contribution in [3.05, 3.63) is 77.6 Å². The maximum Gasteiger partial charge on any atom is 0.240 e. The molecular formula is C19H21N3O2S. The summed E-state index contributed by atoms with van der Waals surface area (Å²) in [5.74, 6) is 0. The fourth-order valence-corrected chi connectivity index (χ4v) is 3.97. The zero-order valence-electron chi connectivity index (χ0n) is 14.3. The standard InChI is InChI=1S/C19H21N3O2S/c1-15-8-9-19(16(2)14-15)25(23,24)20-12-10-17-11-13-22(21-17)18-6-4-3-5-7-18/h3-9,11,13-14,20H,10,12H2,1-2H3. The van der Waals surface area contributed by atoms with Crippen LogP contribution in [0.2, 0.25) is 0 Å². The molecule has 1 N–H and O–H groups in total. The van der Waals surface area contributed by atoms with E-state index < -0.39 is 10.0 Å². The van der Waals surface area contributed by atoms with Crippen molar-refractivity contribution in [2.75, 3.05) is 6.54 Å². The third-order valence-electron chi connectivity index (χ3n) is 3.96. The molecule has 3 aromatic rings. The first kappa shape index (κ1) is 17.4. The lowest BCUT2D eigenvalue weighted by atomic mass is 10.2. The van der Waals surface area contributed by atoms with E-state index in [9.17, 15) is 8.42 Å². The largest absolute Gasteiger partial charge is 0.241 e. The fourth-order valence-electron chi connectivity index (χ4n) is 2.71. The molecule has 2 aromatic carbocycles. The van der Waals surface area contributed by atoms with E-state index >= 15 is 0 Å². The number of nitrogens with zero attached hydrogens (tertiary/aromatic N) is 2. The first-order valence-electron chi connectivity index (χ1n) is 8.12. The van der Waals surface area contributed by atoms with Crippen LogP contribution in [-0.2, 0) is 16.4 Å². The highest BCUT2D eigenvalue weighted by atomic mass is 32.2. The monoisotopic (exact) mass is 355 g/mol. The molecule has 0 atom stereocenters. The van der Waals surface area contributed by atoms with Crippen molar-refractivity contribution in [2.45, 2.75) is 25.2 Å². The van der Waals surface area contributed by atoms with Crippen LogP contribution in [0.4, 0.5) is 0 Å². The molecule has 0 spiro atoms. The summed E-state index contributed by atoms with van der Waals surface area (Å²) < 4.78 is 29.3. The van der Waals surface area contributed by atoms with Gasteiger partial charge in [-0.05, 0) is 43.7 Å². The average Bonchev–Trinajstić information content (AvgIpc) is 3.04. The molecule has 0 bridgehead atoms. The van der Waals surface area contributed by atoms with Crippen molar-refractivity contribution < 1.29 is 8.42 Å². The summed E-state index contributed by atoms with van der Waals surface area (Å²) in [5, 5.41) is 4.48. The quantitative estimate of drug-likeness (QED) is 0.739. The van der Waals surface area contributed by atoms with E-state index in [-0.39, 0.29) is 0 Å². The summed E-state index contributed by atoms with van der Waals surface area (Å²) in [6, 6.07) is 17.0. The third-order valence-corrected chi connectivity index (χ3v) is 5.58. The molecule has 0 aliphatic heterocycles. The molecule has 0 saturated heterocycles. The van der Waals surface area contributed by atoms with Gasteiger partial charge in [-0.2, -0.15) is 5.10 Å². The van der Waals surface area contributed by atoms with Crippen LogP contribution < -0.4 is 4.72 Å². The Hall–Kier alpha value is -2.44.